The Kier molecular flexibility index (Phi) is 6.65. The van der Waals surface area contributed by atoms with E-state index in [0.29, 0.717) is 18.5 Å². The van der Waals surface area contributed by atoms with Gasteiger partial charge in [0.05, 0.1) is 29.6 Å². The number of aromatic nitrogens is 4. The lowest BCUT2D eigenvalue weighted by molar-refractivity contribution is 0.0452. The zero-order chi connectivity index (χ0) is 26.0. The molecule has 1 aliphatic heterocycles. The van der Waals surface area contributed by atoms with E-state index in [0.717, 1.165) is 0 Å². The van der Waals surface area contributed by atoms with Crippen LogP contribution in [0, 0.1) is 23.1 Å². The number of primary amides is 1. The molecule has 3 aromatic rings. The number of nitrogens with two attached hydrogens (primary N) is 1. The molecule has 1 aliphatic rings. The van der Waals surface area contributed by atoms with Crippen molar-refractivity contribution in [2.24, 2.45) is 11.7 Å². The fourth-order valence-corrected chi connectivity index (χ4v) is 4.75. The number of carbonyl (C=O) groups excluding carboxylic acids is 1. The Bertz CT molecular complexity index is 1280. The molecule has 2 aromatic heterocycles. The number of nitrogens with one attached hydrogen (secondary N) is 1. The maximum absolute atomic E-state index is 13.3. The van der Waals surface area contributed by atoms with Gasteiger partial charge < -0.3 is 21.1 Å². The van der Waals surface area contributed by atoms with Gasteiger partial charge >= 0.3 is 6.09 Å². The topological polar surface area (TPSA) is 155 Å². The number of benzene rings is 1. The Morgan fingerprint density at radius 2 is 2.06 bits per heavy atom. The molecule has 4 rings (SSSR count). The lowest BCUT2D eigenvalue weighted by Crippen LogP contribution is -2.54. The molecule has 0 aliphatic carbocycles. The smallest absolute Gasteiger partial charge is 0.407 e. The van der Waals surface area contributed by atoms with Crippen molar-refractivity contribution in [3.05, 3.63) is 60.3 Å². The number of amides is 2. The van der Waals surface area contributed by atoms with E-state index in [9.17, 15) is 24.3 Å². The summed E-state index contributed by atoms with van der Waals surface area (Å²) in [6.07, 6.45) is 4.46. The fraction of sp³-hybridized carbons (Fsp3) is 0.375. The average Bonchev–Trinajstić information content (AvgIpc) is 3.51. The van der Waals surface area contributed by atoms with Gasteiger partial charge in [0, 0.05) is 30.8 Å². The number of halogens is 1. The molecule has 12 heteroatoms. The van der Waals surface area contributed by atoms with Crippen molar-refractivity contribution in [2.75, 3.05) is 11.9 Å². The first kappa shape index (κ1) is 24.7. The number of piperidine rings is 1. The summed E-state index contributed by atoms with van der Waals surface area (Å²) in [7, 11) is 0. The van der Waals surface area contributed by atoms with Crippen molar-refractivity contribution >= 4 is 23.5 Å². The first-order valence-corrected chi connectivity index (χ1v) is 11.4. The maximum atomic E-state index is 13.3. The van der Waals surface area contributed by atoms with Crippen molar-refractivity contribution < 1.29 is 19.1 Å². The van der Waals surface area contributed by atoms with Crippen LogP contribution in [0.5, 0.6) is 0 Å². The van der Waals surface area contributed by atoms with E-state index < -0.39 is 41.4 Å². The molecular weight excluding hydrogens is 467 g/mol. The number of hydrogen-bond donors (Lipinski definition) is 3. The summed E-state index contributed by atoms with van der Waals surface area (Å²) in [5.74, 6) is -1.73. The second-order valence-corrected chi connectivity index (χ2v) is 9.39. The van der Waals surface area contributed by atoms with Crippen molar-refractivity contribution in [3.63, 3.8) is 0 Å². The molecule has 1 saturated heterocycles. The van der Waals surface area contributed by atoms with Crippen LogP contribution in [0.1, 0.15) is 43.1 Å². The van der Waals surface area contributed by atoms with E-state index >= 15 is 0 Å². The Morgan fingerprint density at radius 1 is 1.33 bits per heavy atom. The number of hydrogen-bond acceptors (Lipinski definition) is 6. The molecule has 1 fully saturated rings. The van der Waals surface area contributed by atoms with Gasteiger partial charge in [0.15, 0.2) is 5.82 Å². The van der Waals surface area contributed by atoms with Crippen LogP contribution in [0.2, 0.25) is 0 Å². The number of likely N-dealkylation sites (tertiary alicyclic amines) is 1. The number of nitriles is 1. The number of carboxylic acid groups (broad SMARTS) is 1. The summed E-state index contributed by atoms with van der Waals surface area (Å²) in [5, 5.41) is 31.8. The number of carbonyl (C=O) groups is 2. The van der Waals surface area contributed by atoms with Gasteiger partial charge in [0.1, 0.15) is 11.4 Å². The number of anilines is 2. The monoisotopic (exact) mass is 494 g/mol. The van der Waals surface area contributed by atoms with Gasteiger partial charge in [-0.25, -0.2) is 9.18 Å². The third kappa shape index (κ3) is 4.86. The summed E-state index contributed by atoms with van der Waals surface area (Å²) < 4.78 is 16.5. The molecule has 36 heavy (non-hydrogen) atoms. The van der Waals surface area contributed by atoms with E-state index in [1.807, 2.05) is 13.8 Å². The molecule has 3 atom stereocenters. The first-order valence-electron chi connectivity index (χ1n) is 11.4. The van der Waals surface area contributed by atoms with Gasteiger partial charge in [-0.05, 0) is 57.0 Å². The minimum absolute atomic E-state index is 0.102. The Hall–Kier alpha value is -4.40. The predicted molar refractivity (Wildman–Crippen MR) is 128 cm³/mol. The van der Waals surface area contributed by atoms with Crippen LogP contribution in [0.4, 0.5) is 20.7 Å². The van der Waals surface area contributed by atoms with Gasteiger partial charge in [0.2, 0.25) is 0 Å². The maximum Gasteiger partial charge on any atom is 0.407 e. The van der Waals surface area contributed by atoms with Crippen molar-refractivity contribution in [3.8, 4) is 6.07 Å². The van der Waals surface area contributed by atoms with Crippen molar-refractivity contribution in [1.29, 1.82) is 5.26 Å². The third-order valence-corrected chi connectivity index (χ3v) is 6.57. The first-order chi connectivity index (χ1) is 17.1. The summed E-state index contributed by atoms with van der Waals surface area (Å²) in [6, 6.07) is 8.44. The van der Waals surface area contributed by atoms with E-state index in [1.54, 1.807) is 23.1 Å². The highest BCUT2D eigenvalue weighted by atomic mass is 19.1. The Labute approximate surface area is 206 Å². The molecule has 188 valence electrons. The molecule has 1 unspecified atom stereocenters. The molecule has 0 saturated carbocycles. The van der Waals surface area contributed by atoms with Gasteiger partial charge in [-0.1, -0.05) is 0 Å². The van der Waals surface area contributed by atoms with Crippen molar-refractivity contribution in [1.82, 2.24) is 24.5 Å². The minimum Gasteiger partial charge on any atom is -0.465 e. The summed E-state index contributed by atoms with van der Waals surface area (Å²) in [4.78, 5) is 25.5. The van der Waals surface area contributed by atoms with E-state index in [-0.39, 0.29) is 17.9 Å². The van der Waals surface area contributed by atoms with Gasteiger partial charge in [0.25, 0.3) is 5.91 Å². The second-order valence-electron chi connectivity index (χ2n) is 9.39. The standard InChI is InChI=1S/C24H27FN8O3/c1-24(2,33-10-3-9-28-33)12-20-17(13-26)19(8-11-31(20)23(35)36)32-14-18(21(27)34)22(30-32)29-16-6-4-15(25)5-7-16/h3-7,9-10,14,17,19-20H,8,11-12H2,1-2H3,(H2,27,34)(H,29,30)(H,35,36)/t17-,19+,20?/m1/s1. The Morgan fingerprint density at radius 3 is 2.64 bits per heavy atom. The van der Waals surface area contributed by atoms with Crippen LogP contribution in [0.3, 0.4) is 0 Å². The van der Waals surface area contributed by atoms with Crippen LogP contribution in [0.15, 0.2) is 48.9 Å². The normalized spacial score (nSPS) is 20.1. The molecule has 1 aromatic carbocycles. The van der Waals surface area contributed by atoms with Gasteiger partial charge in [-0.15, -0.1) is 0 Å². The molecule has 0 bridgehead atoms. The fourth-order valence-electron chi connectivity index (χ4n) is 4.75. The molecule has 11 nitrogen and oxygen atoms in total. The van der Waals surface area contributed by atoms with Crippen LogP contribution in [-0.4, -0.2) is 54.2 Å². The highest BCUT2D eigenvalue weighted by Crippen LogP contribution is 2.38. The van der Waals surface area contributed by atoms with E-state index in [2.05, 4.69) is 21.6 Å². The van der Waals surface area contributed by atoms with Crippen molar-refractivity contribution in [2.45, 2.75) is 44.3 Å². The summed E-state index contributed by atoms with van der Waals surface area (Å²) >= 11 is 0. The van der Waals surface area contributed by atoms with E-state index in [4.69, 9.17) is 5.73 Å². The molecule has 3 heterocycles. The molecular formula is C24H27FN8O3. The summed E-state index contributed by atoms with van der Waals surface area (Å²) in [6.45, 7) is 4.05. The highest BCUT2D eigenvalue weighted by Gasteiger charge is 2.45. The van der Waals surface area contributed by atoms with Crippen LogP contribution < -0.4 is 11.1 Å². The van der Waals surface area contributed by atoms with Crippen LogP contribution in [0.25, 0.3) is 0 Å². The molecule has 0 radical (unpaired) electrons. The quantitative estimate of drug-likeness (QED) is 0.455. The zero-order valence-electron chi connectivity index (χ0n) is 19.9. The zero-order valence-corrected chi connectivity index (χ0v) is 19.9. The SMILES string of the molecule is CC(C)(CC1[C@H](C#N)[C@@H](n2cc(C(N)=O)c(Nc3ccc(F)cc3)n2)CCN1C(=O)O)n1cccn1. The lowest BCUT2D eigenvalue weighted by Gasteiger charge is -2.44. The van der Waals surface area contributed by atoms with Gasteiger partial charge in [-0.2, -0.15) is 15.5 Å². The van der Waals surface area contributed by atoms with E-state index in [1.165, 1.54) is 40.0 Å². The number of rotatable bonds is 7. The van der Waals surface area contributed by atoms with Crippen LogP contribution >= 0.6 is 0 Å². The van der Waals surface area contributed by atoms with Crippen LogP contribution in [-0.2, 0) is 5.54 Å². The highest BCUT2D eigenvalue weighted by molar-refractivity contribution is 5.98. The third-order valence-electron chi connectivity index (χ3n) is 6.57. The molecule has 2 amide bonds. The molecule has 4 N–H and O–H groups in total. The average molecular weight is 495 g/mol. The molecule has 0 spiro atoms. The Balaban J connectivity index is 1.67. The van der Waals surface area contributed by atoms with Gasteiger partial charge in [-0.3, -0.25) is 14.2 Å². The number of nitrogens with zero attached hydrogens (tertiary/aromatic N) is 6. The summed E-state index contributed by atoms with van der Waals surface area (Å²) in [5.41, 5.74) is 5.61. The predicted octanol–water partition coefficient (Wildman–Crippen LogP) is 3.32. The minimum atomic E-state index is -1.10. The largest absolute Gasteiger partial charge is 0.465 e. The second kappa shape index (κ2) is 9.69. The lowest BCUT2D eigenvalue weighted by atomic mass is 9.79.